The number of hydrazone groups is 1. The number of halogens is 2. The second-order valence-electron chi connectivity index (χ2n) is 6.12. The molecule has 1 aromatic heterocycles. The average Bonchev–Trinajstić information content (AvgIpc) is 3.12. The van der Waals surface area contributed by atoms with E-state index < -0.39 is 5.78 Å². The molecule has 1 saturated carbocycles. The van der Waals surface area contributed by atoms with Crippen LogP contribution >= 0.6 is 23.2 Å². The minimum absolute atomic E-state index is 0.0804. The standard InChI is InChI=1S/C18H16Cl2N4O2/c19-12-6-13(20)8-14(7-12)22-23-16(10-21)18(25)15-9-17(26-24-15)11-4-2-1-3-5-11/h6-9,11,22H,1-5H2/b23-16+. The van der Waals surface area contributed by atoms with Crippen molar-refractivity contribution in [1.82, 2.24) is 5.16 Å². The number of hydrogen-bond acceptors (Lipinski definition) is 6. The van der Waals surface area contributed by atoms with Gasteiger partial charge >= 0.3 is 0 Å². The topological polar surface area (TPSA) is 91.3 Å². The highest BCUT2D eigenvalue weighted by atomic mass is 35.5. The number of rotatable bonds is 5. The summed E-state index contributed by atoms with van der Waals surface area (Å²) in [6, 6.07) is 8.11. The SMILES string of the molecule is N#C/C(=N\Nc1cc(Cl)cc(Cl)c1)C(=O)c1cc(C2CCCCC2)on1. The summed E-state index contributed by atoms with van der Waals surface area (Å²) in [4.78, 5) is 12.5. The molecule has 8 heteroatoms. The molecule has 1 aliphatic carbocycles. The van der Waals surface area contributed by atoms with Crippen LogP contribution in [0.1, 0.15) is 54.3 Å². The van der Waals surface area contributed by atoms with Gasteiger partial charge in [0, 0.05) is 22.0 Å². The zero-order valence-corrected chi connectivity index (χ0v) is 15.3. The largest absolute Gasteiger partial charge is 0.360 e. The van der Waals surface area contributed by atoms with Crippen molar-refractivity contribution in [3.05, 3.63) is 45.8 Å². The van der Waals surface area contributed by atoms with Crippen molar-refractivity contribution in [1.29, 1.82) is 5.26 Å². The maximum atomic E-state index is 12.5. The first-order valence-corrected chi connectivity index (χ1v) is 9.03. The minimum atomic E-state index is -0.598. The number of ketones is 1. The van der Waals surface area contributed by atoms with Crippen LogP contribution in [-0.2, 0) is 0 Å². The lowest BCUT2D eigenvalue weighted by Crippen LogP contribution is -2.14. The lowest BCUT2D eigenvalue weighted by molar-refractivity contribution is 0.105. The number of Topliss-reactive ketones (excluding diaryl/α,β-unsaturated/α-hetero) is 1. The molecule has 1 aromatic carbocycles. The molecule has 0 unspecified atom stereocenters. The van der Waals surface area contributed by atoms with E-state index in [0.717, 1.165) is 25.7 Å². The molecule has 0 aliphatic heterocycles. The predicted octanol–water partition coefficient (Wildman–Crippen LogP) is 5.20. The van der Waals surface area contributed by atoms with Crippen molar-refractivity contribution >= 4 is 40.4 Å². The molecule has 0 atom stereocenters. The summed E-state index contributed by atoms with van der Waals surface area (Å²) in [5, 5.41) is 17.7. The Kier molecular flexibility index (Phi) is 5.92. The van der Waals surface area contributed by atoms with Crippen LogP contribution in [0.3, 0.4) is 0 Å². The summed E-state index contributed by atoms with van der Waals surface area (Å²) in [6.07, 6.45) is 5.57. The van der Waals surface area contributed by atoms with Crippen LogP contribution in [0.2, 0.25) is 10.0 Å². The van der Waals surface area contributed by atoms with E-state index in [0.29, 0.717) is 21.5 Å². The number of nitriles is 1. The van der Waals surface area contributed by atoms with E-state index in [1.807, 2.05) is 0 Å². The van der Waals surface area contributed by atoms with Crippen molar-refractivity contribution < 1.29 is 9.32 Å². The molecular weight excluding hydrogens is 375 g/mol. The molecule has 1 fully saturated rings. The van der Waals surface area contributed by atoms with Crippen molar-refractivity contribution in [2.24, 2.45) is 5.10 Å². The number of carbonyl (C=O) groups is 1. The Labute approximate surface area is 160 Å². The first kappa shape index (κ1) is 18.4. The summed E-state index contributed by atoms with van der Waals surface area (Å²) >= 11 is 11.8. The summed E-state index contributed by atoms with van der Waals surface area (Å²) in [5.74, 6) is 0.380. The fraction of sp³-hybridized carbons (Fsp3) is 0.333. The predicted molar refractivity (Wildman–Crippen MR) is 99.8 cm³/mol. The van der Waals surface area contributed by atoms with Gasteiger partial charge in [0.15, 0.2) is 5.69 Å². The molecule has 0 radical (unpaired) electrons. The quantitative estimate of drug-likeness (QED) is 0.430. The van der Waals surface area contributed by atoms with Crippen LogP contribution in [0, 0.1) is 11.3 Å². The Morgan fingerprint density at radius 2 is 1.88 bits per heavy atom. The molecule has 26 heavy (non-hydrogen) atoms. The Morgan fingerprint density at radius 1 is 1.19 bits per heavy atom. The molecular formula is C18H16Cl2N4O2. The van der Waals surface area contributed by atoms with Crippen molar-refractivity contribution in [3.63, 3.8) is 0 Å². The normalized spacial score (nSPS) is 15.5. The summed E-state index contributed by atoms with van der Waals surface area (Å²) in [5.41, 5.74) is 2.83. The lowest BCUT2D eigenvalue weighted by Gasteiger charge is -2.18. The highest BCUT2D eigenvalue weighted by molar-refractivity contribution is 6.51. The van der Waals surface area contributed by atoms with E-state index in [4.69, 9.17) is 27.7 Å². The number of nitrogens with zero attached hydrogens (tertiary/aromatic N) is 3. The van der Waals surface area contributed by atoms with Crippen LogP contribution in [0.15, 0.2) is 33.9 Å². The Balaban J connectivity index is 1.74. The Bertz CT molecular complexity index is 859. The molecule has 0 saturated heterocycles. The number of carbonyl (C=O) groups excluding carboxylic acids is 1. The maximum absolute atomic E-state index is 12.5. The lowest BCUT2D eigenvalue weighted by atomic mass is 9.87. The molecule has 134 valence electrons. The summed E-state index contributed by atoms with van der Waals surface area (Å²) < 4.78 is 5.32. The maximum Gasteiger partial charge on any atom is 0.245 e. The van der Waals surface area contributed by atoms with E-state index in [1.165, 1.54) is 6.42 Å². The molecule has 1 heterocycles. The van der Waals surface area contributed by atoms with Gasteiger partial charge in [-0.25, -0.2) is 0 Å². The second-order valence-corrected chi connectivity index (χ2v) is 6.99. The van der Waals surface area contributed by atoms with Gasteiger partial charge < -0.3 is 4.52 Å². The molecule has 2 aromatic rings. The number of benzene rings is 1. The number of anilines is 1. The van der Waals surface area contributed by atoms with Gasteiger partial charge in [-0.15, -0.1) is 0 Å². The zero-order chi connectivity index (χ0) is 18.5. The van der Waals surface area contributed by atoms with Crippen molar-refractivity contribution in [3.8, 4) is 6.07 Å². The number of hydrogen-bond donors (Lipinski definition) is 1. The smallest absolute Gasteiger partial charge is 0.245 e. The van der Waals surface area contributed by atoms with E-state index in [2.05, 4.69) is 15.7 Å². The first-order chi connectivity index (χ1) is 12.6. The third-order valence-electron chi connectivity index (χ3n) is 4.25. The van der Waals surface area contributed by atoms with Crippen molar-refractivity contribution in [2.75, 3.05) is 5.43 Å². The van der Waals surface area contributed by atoms with Crippen LogP contribution in [-0.4, -0.2) is 16.7 Å². The monoisotopic (exact) mass is 390 g/mol. The molecule has 0 bridgehead atoms. The van der Waals surface area contributed by atoms with Gasteiger partial charge in [-0.1, -0.05) is 47.6 Å². The highest BCUT2D eigenvalue weighted by Crippen LogP contribution is 2.32. The Hall–Kier alpha value is -2.36. The molecule has 0 spiro atoms. The van der Waals surface area contributed by atoms with E-state index >= 15 is 0 Å². The van der Waals surface area contributed by atoms with Gasteiger partial charge in [0.25, 0.3) is 0 Å². The molecule has 3 rings (SSSR count). The highest BCUT2D eigenvalue weighted by Gasteiger charge is 2.24. The second kappa shape index (κ2) is 8.35. The average molecular weight is 391 g/mol. The van der Waals surface area contributed by atoms with Gasteiger partial charge in [0.05, 0.1) is 5.69 Å². The fourth-order valence-electron chi connectivity index (χ4n) is 2.96. The minimum Gasteiger partial charge on any atom is -0.360 e. The van der Waals surface area contributed by atoms with E-state index in [-0.39, 0.29) is 17.3 Å². The van der Waals surface area contributed by atoms with Crippen LogP contribution < -0.4 is 5.43 Å². The van der Waals surface area contributed by atoms with Gasteiger partial charge in [-0.3, -0.25) is 10.2 Å². The summed E-state index contributed by atoms with van der Waals surface area (Å²) in [6.45, 7) is 0. The van der Waals surface area contributed by atoms with Gasteiger partial charge in [0.1, 0.15) is 11.8 Å². The fourth-order valence-corrected chi connectivity index (χ4v) is 3.49. The Morgan fingerprint density at radius 3 is 2.54 bits per heavy atom. The first-order valence-electron chi connectivity index (χ1n) is 8.28. The van der Waals surface area contributed by atoms with Crippen LogP contribution in [0.5, 0.6) is 0 Å². The van der Waals surface area contributed by atoms with Crippen LogP contribution in [0.25, 0.3) is 0 Å². The third kappa shape index (κ3) is 4.43. The molecule has 6 nitrogen and oxygen atoms in total. The number of nitrogens with one attached hydrogen (secondary N) is 1. The van der Waals surface area contributed by atoms with Gasteiger partial charge in [0.2, 0.25) is 11.5 Å². The van der Waals surface area contributed by atoms with Gasteiger partial charge in [-0.05, 0) is 31.0 Å². The number of aromatic nitrogens is 1. The summed E-state index contributed by atoms with van der Waals surface area (Å²) in [7, 11) is 0. The zero-order valence-electron chi connectivity index (χ0n) is 13.8. The third-order valence-corrected chi connectivity index (χ3v) is 4.69. The van der Waals surface area contributed by atoms with Crippen LogP contribution in [0.4, 0.5) is 5.69 Å². The van der Waals surface area contributed by atoms with E-state index in [1.54, 1.807) is 30.3 Å². The van der Waals surface area contributed by atoms with Gasteiger partial charge in [-0.2, -0.15) is 10.4 Å². The molecule has 1 N–H and O–H groups in total. The molecule has 0 amide bonds. The van der Waals surface area contributed by atoms with Crippen molar-refractivity contribution in [2.45, 2.75) is 38.0 Å². The van der Waals surface area contributed by atoms with E-state index in [9.17, 15) is 10.1 Å². The molecule has 1 aliphatic rings.